The largest absolute Gasteiger partial charge is 0.507 e. The van der Waals surface area contributed by atoms with Gasteiger partial charge in [-0.1, -0.05) is 29.8 Å². The van der Waals surface area contributed by atoms with Crippen LogP contribution < -0.4 is 5.32 Å². The monoisotopic (exact) mass is 374 g/mol. The van der Waals surface area contributed by atoms with Crippen LogP contribution in [0.1, 0.15) is 15.9 Å². The second-order valence-corrected chi connectivity index (χ2v) is 6.45. The van der Waals surface area contributed by atoms with E-state index in [2.05, 4.69) is 10.3 Å². The number of carboxylic acid groups (broad SMARTS) is 1. The minimum absolute atomic E-state index is 0.261. The number of amidine groups is 1. The van der Waals surface area contributed by atoms with E-state index in [-0.39, 0.29) is 17.2 Å². The Labute approximate surface area is 151 Å². The molecule has 1 fully saturated rings. The van der Waals surface area contributed by atoms with Crippen molar-refractivity contribution < 1.29 is 19.8 Å². The van der Waals surface area contributed by atoms with Gasteiger partial charge < -0.3 is 15.5 Å². The van der Waals surface area contributed by atoms with Crippen molar-refractivity contribution in [2.24, 2.45) is 4.99 Å². The van der Waals surface area contributed by atoms with Crippen LogP contribution in [0, 0.1) is 0 Å². The van der Waals surface area contributed by atoms with Gasteiger partial charge in [-0.25, -0.2) is 9.79 Å². The molecule has 1 amide bonds. The van der Waals surface area contributed by atoms with Crippen LogP contribution in [0.4, 0.5) is 5.69 Å². The summed E-state index contributed by atoms with van der Waals surface area (Å²) >= 11 is 7.20. The number of nitrogens with zero attached hydrogens (tertiary/aromatic N) is 1. The number of carboxylic acids is 1. The van der Waals surface area contributed by atoms with Crippen molar-refractivity contribution in [2.75, 3.05) is 0 Å². The minimum Gasteiger partial charge on any atom is -0.507 e. The quantitative estimate of drug-likeness (QED) is 0.712. The Hall–Kier alpha value is -2.77. The van der Waals surface area contributed by atoms with Crippen molar-refractivity contribution in [3.05, 3.63) is 63.5 Å². The van der Waals surface area contributed by atoms with Crippen LogP contribution in [-0.4, -0.2) is 27.3 Å². The van der Waals surface area contributed by atoms with Crippen molar-refractivity contribution in [1.82, 2.24) is 5.32 Å². The molecule has 0 aliphatic carbocycles. The fourth-order valence-electron chi connectivity index (χ4n) is 2.10. The Morgan fingerprint density at radius 3 is 2.72 bits per heavy atom. The number of nitrogens with one attached hydrogen (secondary N) is 1. The van der Waals surface area contributed by atoms with Gasteiger partial charge in [0.05, 0.1) is 10.6 Å². The topological polar surface area (TPSA) is 99.0 Å². The number of rotatable bonds is 3. The molecule has 0 bridgehead atoms. The van der Waals surface area contributed by atoms with Gasteiger partial charge in [-0.15, -0.1) is 0 Å². The number of aromatic carboxylic acids is 1. The van der Waals surface area contributed by atoms with E-state index in [0.717, 1.165) is 11.8 Å². The van der Waals surface area contributed by atoms with Gasteiger partial charge in [-0.3, -0.25) is 4.79 Å². The highest BCUT2D eigenvalue weighted by Gasteiger charge is 2.24. The molecule has 0 radical (unpaired) electrons. The number of thioether (sulfide) groups is 1. The Morgan fingerprint density at radius 1 is 1.24 bits per heavy atom. The highest BCUT2D eigenvalue weighted by molar-refractivity contribution is 8.18. The van der Waals surface area contributed by atoms with Crippen LogP contribution >= 0.6 is 23.4 Å². The fraction of sp³-hybridized carbons (Fsp3) is 0. The fourth-order valence-corrected chi connectivity index (χ4v) is 3.12. The van der Waals surface area contributed by atoms with E-state index in [1.54, 1.807) is 24.3 Å². The number of aromatic hydroxyl groups is 1. The predicted octanol–water partition coefficient (Wildman–Crippen LogP) is 3.64. The zero-order valence-corrected chi connectivity index (χ0v) is 14.1. The van der Waals surface area contributed by atoms with Gasteiger partial charge in [0.2, 0.25) is 0 Å². The van der Waals surface area contributed by atoms with Crippen LogP contribution in [0.15, 0.2) is 52.4 Å². The van der Waals surface area contributed by atoms with Gasteiger partial charge in [0.25, 0.3) is 5.91 Å². The molecule has 25 heavy (non-hydrogen) atoms. The molecule has 6 nitrogen and oxygen atoms in total. The molecule has 3 rings (SSSR count). The summed E-state index contributed by atoms with van der Waals surface area (Å²) in [4.78, 5) is 27.7. The van der Waals surface area contributed by atoms with E-state index < -0.39 is 5.97 Å². The summed E-state index contributed by atoms with van der Waals surface area (Å²) in [6, 6.07) is 11.1. The van der Waals surface area contributed by atoms with Gasteiger partial charge in [0, 0.05) is 5.02 Å². The molecular weight excluding hydrogens is 364 g/mol. The Morgan fingerprint density at radius 2 is 2.00 bits per heavy atom. The third-order valence-corrected chi connectivity index (χ3v) is 4.54. The van der Waals surface area contributed by atoms with Crippen LogP contribution in [0.5, 0.6) is 5.75 Å². The van der Waals surface area contributed by atoms with Crippen molar-refractivity contribution in [3.8, 4) is 5.75 Å². The minimum atomic E-state index is -1.26. The average molecular weight is 375 g/mol. The lowest BCUT2D eigenvalue weighted by Crippen LogP contribution is -2.19. The average Bonchev–Trinajstić information content (AvgIpc) is 2.90. The number of benzene rings is 2. The zero-order chi connectivity index (χ0) is 18.0. The van der Waals surface area contributed by atoms with Gasteiger partial charge in [-0.05, 0) is 47.7 Å². The summed E-state index contributed by atoms with van der Waals surface area (Å²) in [5, 5.41) is 22.0. The molecule has 0 atom stereocenters. The number of carbonyl (C=O) groups excluding carboxylic acids is 1. The van der Waals surface area contributed by atoms with Crippen molar-refractivity contribution in [3.63, 3.8) is 0 Å². The predicted molar refractivity (Wildman–Crippen MR) is 97.3 cm³/mol. The lowest BCUT2D eigenvalue weighted by molar-refractivity contribution is -0.115. The Kier molecular flexibility index (Phi) is 4.78. The number of hydrogen-bond acceptors (Lipinski definition) is 5. The van der Waals surface area contributed by atoms with Crippen LogP contribution in [-0.2, 0) is 4.79 Å². The molecule has 1 saturated heterocycles. The molecule has 2 aromatic rings. The molecule has 2 aromatic carbocycles. The molecule has 0 saturated carbocycles. The van der Waals surface area contributed by atoms with Crippen LogP contribution in [0.3, 0.4) is 0 Å². The normalized spacial score (nSPS) is 17.1. The second-order valence-electron chi connectivity index (χ2n) is 5.01. The first-order chi connectivity index (χ1) is 11.9. The van der Waals surface area contributed by atoms with Crippen molar-refractivity contribution >= 4 is 52.2 Å². The summed E-state index contributed by atoms with van der Waals surface area (Å²) in [5.74, 6) is -1.93. The Balaban J connectivity index is 1.88. The first-order valence-electron chi connectivity index (χ1n) is 7.04. The summed E-state index contributed by atoms with van der Waals surface area (Å²) in [6.45, 7) is 0. The molecule has 1 heterocycles. The van der Waals surface area contributed by atoms with Crippen molar-refractivity contribution in [1.29, 1.82) is 0 Å². The summed E-state index contributed by atoms with van der Waals surface area (Å²) in [7, 11) is 0. The first kappa shape index (κ1) is 17.1. The maximum atomic E-state index is 12.1. The summed E-state index contributed by atoms with van der Waals surface area (Å²) in [5.41, 5.74) is 0.751. The molecule has 0 aromatic heterocycles. The third kappa shape index (κ3) is 3.84. The number of halogens is 1. The number of hydrogen-bond donors (Lipinski definition) is 3. The maximum Gasteiger partial charge on any atom is 0.339 e. The molecule has 126 valence electrons. The maximum absolute atomic E-state index is 12.1. The molecular formula is C17H11ClN2O4S. The molecule has 1 aliphatic heterocycles. The number of aliphatic imine (C=N–C) groups is 1. The highest BCUT2D eigenvalue weighted by atomic mass is 35.5. The standard InChI is InChI=1S/C17H11ClN2O4S/c18-12-4-2-1-3-9(12)7-14-15(22)20-17(25-14)19-10-5-6-13(21)11(8-10)16(23)24/h1-8,21H,(H,23,24)(H,19,20,22)/b14-7-. The van der Waals surface area contributed by atoms with E-state index in [9.17, 15) is 14.7 Å². The van der Waals surface area contributed by atoms with Gasteiger partial charge in [0.1, 0.15) is 11.3 Å². The third-order valence-electron chi connectivity index (χ3n) is 3.28. The van der Waals surface area contributed by atoms with E-state index in [1.807, 2.05) is 6.07 Å². The number of carbonyl (C=O) groups is 2. The molecule has 0 spiro atoms. The molecule has 8 heteroatoms. The van der Waals surface area contributed by atoms with Gasteiger partial charge in [0.15, 0.2) is 5.17 Å². The molecule has 0 unspecified atom stereocenters. The smallest absolute Gasteiger partial charge is 0.339 e. The van der Waals surface area contributed by atoms with Crippen molar-refractivity contribution in [2.45, 2.75) is 0 Å². The van der Waals surface area contributed by atoms with E-state index >= 15 is 0 Å². The lowest BCUT2D eigenvalue weighted by atomic mass is 10.2. The van der Waals surface area contributed by atoms with E-state index in [4.69, 9.17) is 16.7 Å². The lowest BCUT2D eigenvalue weighted by Gasteiger charge is -2.01. The van der Waals surface area contributed by atoms with Crippen LogP contribution in [0.2, 0.25) is 5.02 Å². The first-order valence-corrected chi connectivity index (χ1v) is 8.24. The Bertz CT molecular complexity index is 940. The summed E-state index contributed by atoms with van der Waals surface area (Å²) in [6.07, 6.45) is 1.66. The summed E-state index contributed by atoms with van der Waals surface area (Å²) < 4.78 is 0. The number of amides is 1. The molecule has 1 aliphatic rings. The SMILES string of the molecule is O=C1NC(=Nc2ccc(O)c(C(=O)O)c2)S/C1=C\c1ccccc1Cl. The van der Waals surface area contributed by atoms with Gasteiger partial charge in [-0.2, -0.15) is 0 Å². The zero-order valence-electron chi connectivity index (χ0n) is 12.6. The van der Waals surface area contributed by atoms with E-state index in [0.29, 0.717) is 26.3 Å². The second kappa shape index (κ2) is 7.00. The van der Waals surface area contributed by atoms with Crippen LogP contribution in [0.25, 0.3) is 6.08 Å². The van der Waals surface area contributed by atoms with E-state index in [1.165, 1.54) is 18.2 Å². The number of phenols is 1. The molecule has 3 N–H and O–H groups in total. The van der Waals surface area contributed by atoms with Gasteiger partial charge >= 0.3 is 5.97 Å². The highest BCUT2D eigenvalue weighted by Crippen LogP contribution is 2.31.